The number of fused-ring (bicyclic) bond motifs is 1. The van der Waals surface area contributed by atoms with Gasteiger partial charge in [-0.2, -0.15) is 0 Å². The van der Waals surface area contributed by atoms with Gasteiger partial charge in [0.05, 0.1) is 16.7 Å². The minimum absolute atomic E-state index is 0.0376. The van der Waals surface area contributed by atoms with E-state index in [-0.39, 0.29) is 18.0 Å². The van der Waals surface area contributed by atoms with Crippen molar-refractivity contribution in [2.45, 2.75) is 26.4 Å². The van der Waals surface area contributed by atoms with E-state index in [0.29, 0.717) is 18.5 Å². The molecule has 6 heteroatoms. The Balaban J connectivity index is 1.57. The van der Waals surface area contributed by atoms with Crippen molar-refractivity contribution < 1.29 is 9.53 Å². The number of aromatic nitrogens is 1. The average Bonchev–Trinajstić information content (AvgIpc) is 2.95. The lowest BCUT2D eigenvalue weighted by Crippen LogP contribution is -2.29. The lowest BCUT2D eigenvalue weighted by molar-refractivity contribution is -0.121. The Hall–Kier alpha value is -2.60. The summed E-state index contributed by atoms with van der Waals surface area (Å²) >= 11 is 1.31. The molecule has 0 bridgehead atoms. The summed E-state index contributed by atoms with van der Waals surface area (Å²) in [6.45, 7) is 3.22. The minimum atomic E-state index is -0.181. The van der Waals surface area contributed by atoms with E-state index in [2.05, 4.69) is 12.2 Å². The third-order valence-corrected chi connectivity index (χ3v) is 4.79. The number of carbonyl (C=O) groups is 1. The predicted molar refractivity (Wildman–Crippen MR) is 100 cm³/mol. The molecule has 3 aromatic rings. The lowest BCUT2D eigenvalue weighted by atomic mass is 10.2. The van der Waals surface area contributed by atoms with Crippen molar-refractivity contribution in [2.24, 2.45) is 0 Å². The first kappa shape index (κ1) is 17.2. The van der Waals surface area contributed by atoms with Gasteiger partial charge in [-0.1, -0.05) is 42.7 Å². The predicted octanol–water partition coefficient (Wildman–Crippen LogP) is 3.17. The molecule has 2 aromatic carbocycles. The summed E-state index contributed by atoms with van der Waals surface area (Å²) < 4.78 is 7.91. The molecule has 130 valence electrons. The summed E-state index contributed by atoms with van der Waals surface area (Å²) in [6, 6.07) is 15.0. The lowest BCUT2D eigenvalue weighted by Gasteiger charge is -2.07. The Bertz CT molecular complexity index is 912. The number of hydrogen-bond acceptors (Lipinski definition) is 4. The Morgan fingerprint density at radius 1 is 1.16 bits per heavy atom. The summed E-state index contributed by atoms with van der Waals surface area (Å²) in [5, 5.41) is 3.50. The molecule has 0 radical (unpaired) electrons. The number of nitrogens with zero attached hydrogens (tertiary/aromatic N) is 1. The summed E-state index contributed by atoms with van der Waals surface area (Å²) in [5.74, 6) is 0.647. The number of nitrogens with one attached hydrogen (secondary N) is 1. The molecule has 0 aliphatic heterocycles. The van der Waals surface area contributed by atoms with E-state index >= 15 is 0 Å². The number of carbonyl (C=O) groups excluding carboxylic acids is 1. The van der Waals surface area contributed by atoms with Crippen LogP contribution in [0.25, 0.3) is 10.1 Å². The van der Waals surface area contributed by atoms with Gasteiger partial charge in [-0.05, 0) is 36.2 Å². The molecule has 0 fully saturated rings. The zero-order chi connectivity index (χ0) is 17.6. The topological polar surface area (TPSA) is 60.3 Å². The van der Waals surface area contributed by atoms with E-state index in [0.717, 1.165) is 22.4 Å². The fourth-order valence-electron chi connectivity index (χ4n) is 2.43. The third-order valence-electron chi connectivity index (χ3n) is 3.73. The molecule has 0 unspecified atom stereocenters. The smallest absolute Gasteiger partial charge is 0.268 e. The zero-order valence-electron chi connectivity index (χ0n) is 14.0. The van der Waals surface area contributed by atoms with Crippen LogP contribution in [0.15, 0.2) is 53.3 Å². The van der Waals surface area contributed by atoms with Crippen molar-refractivity contribution in [3.05, 3.63) is 64.4 Å². The summed E-state index contributed by atoms with van der Waals surface area (Å²) in [4.78, 5) is 24.4. The first-order valence-corrected chi connectivity index (χ1v) is 9.02. The normalized spacial score (nSPS) is 10.8. The van der Waals surface area contributed by atoms with Crippen LogP contribution in [0.1, 0.15) is 18.9 Å². The molecule has 0 aliphatic carbocycles. The largest absolute Gasteiger partial charge is 0.494 e. The second-order valence-corrected chi connectivity index (χ2v) is 6.76. The van der Waals surface area contributed by atoms with Gasteiger partial charge in [-0.3, -0.25) is 13.5 Å². The maximum atomic E-state index is 12.2. The standard InChI is InChI=1S/C19H20N2O3S/c1-2-11-24-15-9-7-14(8-10-15)12-20-18(22)13-21-19(23)16-5-3-4-6-17(16)25-21/h3-10H,2,11-13H2,1H3,(H,20,22). The molecule has 0 saturated heterocycles. The van der Waals surface area contributed by atoms with Gasteiger partial charge in [0, 0.05) is 6.54 Å². The maximum Gasteiger partial charge on any atom is 0.268 e. The average molecular weight is 356 g/mol. The number of benzene rings is 2. The van der Waals surface area contributed by atoms with Gasteiger partial charge in [-0.15, -0.1) is 0 Å². The number of ether oxygens (including phenoxy) is 1. The van der Waals surface area contributed by atoms with E-state index in [1.807, 2.05) is 42.5 Å². The van der Waals surface area contributed by atoms with Crippen molar-refractivity contribution in [3.63, 3.8) is 0 Å². The van der Waals surface area contributed by atoms with Crippen LogP contribution in [0, 0.1) is 0 Å². The Morgan fingerprint density at radius 3 is 2.64 bits per heavy atom. The first-order valence-electron chi connectivity index (χ1n) is 8.24. The van der Waals surface area contributed by atoms with Crippen molar-refractivity contribution in [2.75, 3.05) is 6.61 Å². The van der Waals surface area contributed by atoms with E-state index in [9.17, 15) is 9.59 Å². The number of rotatable bonds is 7. The number of amides is 1. The quantitative estimate of drug-likeness (QED) is 0.707. The van der Waals surface area contributed by atoms with Crippen molar-refractivity contribution >= 4 is 27.5 Å². The molecular formula is C19H20N2O3S. The highest BCUT2D eigenvalue weighted by Gasteiger charge is 2.10. The van der Waals surface area contributed by atoms with Gasteiger partial charge in [0.1, 0.15) is 12.3 Å². The molecule has 0 atom stereocenters. The Morgan fingerprint density at radius 2 is 1.92 bits per heavy atom. The molecular weight excluding hydrogens is 336 g/mol. The van der Waals surface area contributed by atoms with Gasteiger partial charge in [0.2, 0.25) is 5.91 Å². The van der Waals surface area contributed by atoms with Crippen LogP contribution in [-0.4, -0.2) is 16.5 Å². The van der Waals surface area contributed by atoms with Crippen LogP contribution < -0.4 is 15.6 Å². The molecule has 1 heterocycles. The van der Waals surface area contributed by atoms with Gasteiger partial charge >= 0.3 is 0 Å². The first-order chi connectivity index (χ1) is 12.2. The zero-order valence-corrected chi connectivity index (χ0v) is 14.8. The highest BCUT2D eigenvalue weighted by molar-refractivity contribution is 7.13. The molecule has 0 saturated carbocycles. The van der Waals surface area contributed by atoms with Crippen LogP contribution in [0.2, 0.25) is 0 Å². The molecule has 25 heavy (non-hydrogen) atoms. The van der Waals surface area contributed by atoms with Gasteiger partial charge in [0.25, 0.3) is 5.56 Å². The summed E-state index contributed by atoms with van der Waals surface area (Å²) in [7, 11) is 0. The molecule has 3 rings (SSSR count). The van der Waals surface area contributed by atoms with Gasteiger partial charge in [-0.25, -0.2) is 0 Å². The minimum Gasteiger partial charge on any atom is -0.494 e. The molecule has 1 N–H and O–H groups in total. The Labute approximate surface area is 150 Å². The van der Waals surface area contributed by atoms with Crippen LogP contribution in [-0.2, 0) is 17.9 Å². The molecule has 1 amide bonds. The second kappa shape index (κ2) is 7.98. The van der Waals surface area contributed by atoms with Gasteiger partial charge < -0.3 is 10.1 Å². The Kier molecular flexibility index (Phi) is 5.50. The summed E-state index contributed by atoms with van der Waals surface area (Å²) in [6.07, 6.45) is 0.967. The maximum absolute atomic E-state index is 12.2. The van der Waals surface area contributed by atoms with Crippen LogP contribution >= 0.6 is 11.5 Å². The van der Waals surface area contributed by atoms with E-state index in [4.69, 9.17) is 4.74 Å². The third kappa shape index (κ3) is 4.28. The van der Waals surface area contributed by atoms with Gasteiger partial charge in [0.15, 0.2) is 0 Å². The highest BCUT2D eigenvalue weighted by Crippen LogP contribution is 2.16. The van der Waals surface area contributed by atoms with Crippen LogP contribution in [0.3, 0.4) is 0 Å². The SMILES string of the molecule is CCCOc1ccc(CNC(=O)Cn2sc3ccccc3c2=O)cc1. The number of hydrogen-bond donors (Lipinski definition) is 1. The second-order valence-electron chi connectivity index (χ2n) is 5.70. The van der Waals surface area contributed by atoms with Crippen molar-refractivity contribution in [1.29, 1.82) is 0 Å². The highest BCUT2D eigenvalue weighted by atomic mass is 32.1. The fourth-order valence-corrected chi connectivity index (χ4v) is 3.43. The fraction of sp³-hybridized carbons (Fsp3) is 0.263. The summed E-state index contributed by atoms with van der Waals surface area (Å²) in [5.41, 5.74) is 0.870. The molecule has 0 spiro atoms. The molecule has 1 aromatic heterocycles. The van der Waals surface area contributed by atoms with E-state index in [1.165, 1.54) is 15.5 Å². The van der Waals surface area contributed by atoms with Crippen molar-refractivity contribution in [1.82, 2.24) is 9.27 Å². The molecule has 0 aliphatic rings. The van der Waals surface area contributed by atoms with Crippen molar-refractivity contribution in [3.8, 4) is 5.75 Å². The van der Waals surface area contributed by atoms with Crippen LogP contribution in [0.4, 0.5) is 0 Å². The molecule has 5 nitrogen and oxygen atoms in total. The monoisotopic (exact) mass is 356 g/mol. The van der Waals surface area contributed by atoms with E-state index in [1.54, 1.807) is 6.07 Å². The van der Waals surface area contributed by atoms with Crippen LogP contribution in [0.5, 0.6) is 5.75 Å². The van der Waals surface area contributed by atoms with E-state index < -0.39 is 0 Å².